The van der Waals surface area contributed by atoms with E-state index in [1.165, 1.54) is 16.5 Å². The molecule has 1 aromatic heterocycles. The molecular formula is C31H25N3. The Morgan fingerprint density at radius 1 is 0.735 bits per heavy atom. The third kappa shape index (κ3) is 3.75. The predicted molar refractivity (Wildman–Crippen MR) is 141 cm³/mol. The molecule has 4 aromatic carbocycles. The van der Waals surface area contributed by atoms with Gasteiger partial charge in [0.2, 0.25) is 0 Å². The molecular weight excluding hydrogens is 414 g/mol. The fourth-order valence-electron chi connectivity index (χ4n) is 4.81. The molecule has 164 valence electrons. The first-order chi connectivity index (χ1) is 16.8. The fourth-order valence-corrected chi connectivity index (χ4v) is 4.81. The summed E-state index contributed by atoms with van der Waals surface area (Å²) < 4.78 is 0. The number of anilines is 1. The zero-order valence-electron chi connectivity index (χ0n) is 19.1. The molecule has 34 heavy (non-hydrogen) atoms. The van der Waals surface area contributed by atoms with Crippen LogP contribution in [0, 0.1) is 6.92 Å². The number of aliphatic imine (C=N–C) groups is 1. The van der Waals surface area contributed by atoms with Crippen LogP contribution in [-0.4, -0.2) is 10.8 Å². The number of aromatic nitrogens is 1. The van der Waals surface area contributed by atoms with E-state index in [0.29, 0.717) is 0 Å². The van der Waals surface area contributed by atoms with Gasteiger partial charge in [0.1, 0.15) is 5.84 Å². The van der Waals surface area contributed by atoms with Crippen molar-refractivity contribution < 1.29 is 0 Å². The lowest BCUT2D eigenvalue weighted by molar-refractivity contribution is 0.687. The molecule has 5 aromatic rings. The van der Waals surface area contributed by atoms with Gasteiger partial charge in [0.25, 0.3) is 0 Å². The molecule has 0 bridgehead atoms. The molecule has 3 heteroatoms. The van der Waals surface area contributed by atoms with Crippen molar-refractivity contribution in [3.8, 4) is 0 Å². The van der Waals surface area contributed by atoms with Crippen molar-refractivity contribution in [2.24, 2.45) is 4.99 Å². The van der Waals surface area contributed by atoms with E-state index in [4.69, 9.17) is 9.98 Å². The summed E-state index contributed by atoms with van der Waals surface area (Å²) in [5.74, 6) is 0.965. The lowest BCUT2D eigenvalue weighted by atomic mass is 9.94. The first kappa shape index (κ1) is 20.4. The number of amidine groups is 1. The monoisotopic (exact) mass is 439 g/mol. The summed E-state index contributed by atoms with van der Waals surface area (Å²) in [6, 6.07) is 40.4. The highest BCUT2D eigenvalue weighted by atomic mass is 15.2. The first-order valence-corrected chi connectivity index (χ1v) is 11.7. The van der Waals surface area contributed by atoms with Crippen molar-refractivity contribution in [1.29, 1.82) is 0 Å². The number of para-hydroxylation sites is 2. The lowest BCUT2D eigenvalue weighted by Crippen LogP contribution is -2.39. The van der Waals surface area contributed by atoms with Gasteiger partial charge in [-0.1, -0.05) is 84.4 Å². The Labute approximate surface area is 200 Å². The SMILES string of the molecule is Cc1ccc2nc(CC3c4ccccc4N=C(c4ccccc4)N3c3ccccc3)ccc2c1. The molecule has 2 heterocycles. The van der Waals surface area contributed by atoms with Crippen LogP contribution < -0.4 is 4.90 Å². The van der Waals surface area contributed by atoms with Gasteiger partial charge < -0.3 is 4.90 Å². The molecule has 1 aliphatic rings. The van der Waals surface area contributed by atoms with Gasteiger partial charge in [0.05, 0.1) is 17.2 Å². The van der Waals surface area contributed by atoms with Crippen LogP contribution in [0.25, 0.3) is 10.9 Å². The highest BCUT2D eigenvalue weighted by Gasteiger charge is 2.32. The van der Waals surface area contributed by atoms with E-state index in [9.17, 15) is 0 Å². The van der Waals surface area contributed by atoms with Gasteiger partial charge >= 0.3 is 0 Å². The summed E-state index contributed by atoms with van der Waals surface area (Å²) >= 11 is 0. The maximum absolute atomic E-state index is 5.15. The molecule has 0 aliphatic carbocycles. The summed E-state index contributed by atoms with van der Waals surface area (Å²) in [6.07, 6.45) is 0.779. The number of nitrogens with zero attached hydrogens (tertiary/aromatic N) is 3. The molecule has 0 spiro atoms. The zero-order valence-corrected chi connectivity index (χ0v) is 19.1. The summed E-state index contributed by atoms with van der Waals surface area (Å²) in [5.41, 5.74) is 7.84. The van der Waals surface area contributed by atoms with E-state index in [1.54, 1.807) is 0 Å². The molecule has 1 aliphatic heterocycles. The van der Waals surface area contributed by atoms with Crippen LogP contribution in [0.15, 0.2) is 120 Å². The van der Waals surface area contributed by atoms with Gasteiger partial charge in [-0.2, -0.15) is 0 Å². The Morgan fingerprint density at radius 2 is 1.47 bits per heavy atom. The average molecular weight is 440 g/mol. The maximum atomic E-state index is 5.15. The van der Waals surface area contributed by atoms with Crippen LogP contribution in [-0.2, 0) is 6.42 Å². The van der Waals surface area contributed by atoms with E-state index in [2.05, 4.69) is 121 Å². The second-order valence-corrected chi connectivity index (χ2v) is 8.78. The zero-order chi connectivity index (χ0) is 22.9. The Balaban J connectivity index is 1.51. The van der Waals surface area contributed by atoms with E-state index >= 15 is 0 Å². The Bertz CT molecular complexity index is 1490. The minimum Gasteiger partial charge on any atom is -0.318 e. The van der Waals surface area contributed by atoms with Crippen molar-refractivity contribution in [1.82, 2.24) is 4.98 Å². The van der Waals surface area contributed by atoms with Crippen LogP contribution in [0.4, 0.5) is 11.4 Å². The van der Waals surface area contributed by atoms with Crippen LogP contribution in [0.3, 0.4) is 0 Å². The molecule has 1 atom stereocenters. The summed E-state index contributed by atoms with van der Waals surface area (Å²) in [4.78, 5) is 12.6. The highest BCUT2D eigenvalue weighted by Crippen LogP contribution is 2.40. The van der Waals surface area contributed by atoms with Crippen molar-refractivity contribution >= 4 is 28.1 Å². The van der Waals surface area contributed by atoms with Gasteiger partial charge in [-0.05, 0) is 43.3 Å². The van der Waals surface area contributed by atoms with E-state index in [-0.39, 0.29) is 6.04 Å². The largest absolute Gasteiger partial charge is 0.318 e. The second-order valence-electron chi connectivity index (χ2n) is 8.78. The molecule has 0 N–H and O–H groups in total. The molecule has 0 fully saturated rings. The quantitative estimate of drug-likeness (QED) is 0.291. The Hall–Kier alpha value is -4.24. The highest BCUT2D eigenvalue weighted by molar-refractivity contribution is 6.12. The van der Waals surface area contributed by atoms with Crippen LogP contribution in [0.5, 0.6) is 0 Å². The molecule has 3 nitrogen and oxygen atoms in total. The molecule has 0 saturated carbocycles. The number of benzene rings is 4. The first-order valence-electron chi connectivity index (χ1n) is 11.7. The van der Waals surface area contributed by atoms with Crippen molar-refractivity contribution in [3.05, 3.63) is 138 Å². The fraction of sp³-hybridized carbons (Fsp3) is 0.0968. The predicted octanol–water partition coefficient (Wildman–Crippen LogP) is 7.43. The smallest absolute Gasteiger partial charge is 0.141 e. The van der Waals surface area contributed by atoms with E-state index < -0.39 is 0 Å². The normalized spacial score (nSPS) is 15.1. The van der Waals surface area contributed by atoms with Crippen LogP contribution >= 0.6 is 0 Å². The maximum Gasteiger partial charge on any atom is 0.141 e. The van der Waals surface area contributed by atoms with Gasteiger partial charge in [-0.25, -0.2) is 4.99 Å². The lowest BCUT2D eigenvalue weighted by Gasteiger charge is -2.38. The summed E-state index contributed by atoms with van der Waals surface area (Å²) in [6.45, 7) is 2.12. The summed E-state index contributed by atoms with van der Waals surface area (Å²) in [7, 11) is 0. The second kappa shape index (κ2) is 8.60. The van der Waals surface area contributed by atoms with Crippen molar-refractivity contribution in [3.63, 3.8) is 0 Å². The molecule has 6 rings (SSSR count). The number of aryl methyl sites for hydroxylation is 1. The van der Waals surface area contributed by atoms with Gasteiger partial charge in [0.15, 0.2) is 0 Å². The van der Waals surface area contributed by atoms with E-state index in [0.717, 1.165) is 40.4 Å². The minimum absolute atomic E-state index is 0.0710. The van der Waals surface area contributed by atoms with Gasteiger partial charge in [-0.3, -0.25) is 4.98 Å². The van der Waals surface area contributed by atoms with Crippen LogP contribution in [0.2, 0.25) is 0 Å². The Kier molecular flexibility index (Phi) is 5.15. The van der Waals surface area contributed by atoms with Crippen molar-refractivity contribution in [2.45, 2.75) is 19.4 Å². The number of hydrogen-bond donors (Lipinski definition) is 0. The molecule has 0 saturated heterocycles. The molecule has 0 radical (unpaired) electrons. The van der Waals surface area contributed by atoms with Crippen molar-refractivity contribution in [2.75, 3.05) is 4.90 Å². The van der Waals surface area contributed by atoms with Gasteiger partial charge in [0, 0.05) is 34.3 Å². The topological polar surface area (TPSA) is 28.5 Å². The average Bonchev–Trinajstić information content (AvgIpc) is 2.89. The number of rotatable bonds is 4. The minimum atomic E-state index is 0.0710. The number of hydrogen-bond acceptors (Lipinski definition) is 3. The standard InChI is InChI=1S/C31H25N3/c1-22-16-19-28-24(20-22)17-18-25(32-28)21-30-27-14-8-9-15-29(27)33-31(23-10-4-2-5-11-23)34(30)26-12-6-3-7-13-26/h2-20,30H,21H2,1H3. The van der Waals surface area contributed by atoms with E-state index in [1.807, 2.05) is 6.07 Å². The van der Waals surface area contributed by atoms with Crippen LogP contribution in [0.1, 0.15) is 28.4 Å². The number of fused-ring (bicyclic) bond motifs is 2. The molecule has 1 unspecified atom stereocenters. The van der Waals surface area contributed by atoms with Gasteiger partial charge in [-0.15, -0.1) is 0 Å². The Morgan fingerprint density at radius 3 is 2.29 bits per heavy atom. The third-order valence-corrected chi connectivity index (χ3v) is 6.43. The third-order valence-electron chi connectivity index (χ3n) is 6.43. The number of pyridine rings is 1. The molecule has 0 amide bonds. The summed E-state index contributed by atoms with van der Waals surface area (Å²) in [5, 5.41) is 1.18.